The number of alkyl carbamates (subject to hydrolysis) is 1. The van der Waals surface area contributed by atoms with Crippen LogP contribution in [0.3, 0.4) is 0 Å². The van der Waals surface area contributed by atoms with Crippen LogP contribution in [0, 0.1) is 5.82 Å². The topological polar surface area (TPSA) is 93.5 Å². The van der Waals surface area contributed by atoms with E-state index in [1.165, 1.54) is 18.2 Å². The molecule has 0 fully saturated rings. The summed E-state index contributed by atoms with van der Waals surface area (Å²) in [4.78, 5) is 27.5. The number of aromatic nitrogens is 1. The van der Waals surface area contributed by atoms with Crippen LogP contribution in [0.1, 0.15) is 31.3 Å². The van der Waals surface area contributed by atoms with E-state index >= 15 is 0 Å². The quantitative estimate of drug-likeness (QED) is 0.810. The molecule has 0 aliphatic heterocycles. The first-order valence-electron chi connectivity index (χ1n) is 7.71. The molecule has 0 atom stereocenters. The van der Waals surface area contributed by atoms with Gasteiger partial charge in [0.2, 0.25) is 0 Å². The number of nitrogens with zero attached hydrogens (tertiary/aromatic N) is 1. The molecule has 7 nitrogen and oxygen atoms in total. The van der Waals surface area contributed by atoms with Crippen molar-refractivity contribution in [2.75, 3.05) is 13.1 Å². The van der Waals surface area contributed by atoms with Gasteiger partial charge in [-0.3, -0.25) is 4.79 Å². The number of halogens is 1. The van der Waals surface area contributed by atoms with Gasteiger partial charge in [0.25, 0.3) is 5.91 Å². The number of amides is 2. The largest absolute Gasteiger partial charge is 0.444 e. The molecule has 0 aliphatic rings. The predicted octanol–water partition coefficient (Wildman–Crippen LogP) is 2.74. The molecule has 2 N–H and O–H groups in total. The number of nitrogens with one attached hydrogen (secondary N) is 2. The summed E-state index contributed by atoms with van der Waals surface area (Å²) in [7, 11) is 0. The molecule has 134 valence electrons. The Bertz CT molecular complexity index is 752. The van der Waals surface area contributed by atoms with E-state index in [1.807, 2.05) is 0 Å². The summed E-state index contributed by atoms with van der Waals surface area (Å²) in [5, 5.41) is 5.09. The first-order valence-corrected chi connectivity index (χ1v) is 7.71. The number of carbonyl (C=O) groups is 2. The molecule has 25 heavy (non-hydrogen) atoms. The number of carbonyl (C=O) groups excluding carboxylic acids is 2. The van der Waals surface area contributed by atoms with E-state index in [0.29, 0.717) is 0 Å². The van der Waals surface area contributed by atoms with Gasteiger partial charge in [-0.2, -0.15) is 0 Å². The second-order valence-corrected chi connectivity index (χ2v) is 6.19. The van der Waals surface area contributed by atoms with E-state index in [2.05, 4.69) is 15.6 Å². The zero-order chi connectivity index (χ0) is 18.4. The van der Waals surface area contributed by atoms with Gasteiger partial charge >= 0.3 is 6.09 Å². The summed E-state index contributed by atoms with van der Waals surface area (Å²) in [6, 6.07) is 5.94. The molecule has 0 saturated carbocycles. The first kappa shape index (κ1) is 18.4. The zero-order valence-corrected chi connectivity index (χ0v) is 14.3. The molecule has 0 radical (unpaired) electrons. The molecule has 1 aromatic heterocycles. The van der Waals surface area contributed by atoms with Crippen molar-refractivity contribution in [1.29, 1.82) is 0 Å². The molecular weight excluding hydrogens is 329 g/mol. The first-order chi connectivity index (χ1) is 11.8. The molecule has 0 unspecified atom stereocenters. The molecule has 0 spiro atoms. The second-order valence-electron chi connectivity index (χ2n) is 6.19. The third-order valence-electron chi connectivity index (χ3n) is 2.98. The number of hydrogen-bond donors (Lipinski definition) is 2. The molecule has 2 aromatic rings. The SMILES string of the molecule is CC(C)(C)OC(=O)NCCNC(=O)c1ncoc1-c1ccccc1F. The van der Waals surface area contributed by atoms with Crippen LogP contribution in [0.25, 0.3) is 11.3 Å². The van der Waals surface area contributed by atoms with E-state index in [-0.39, 0.29) is 30.1 Å². The Labute approximate surface area is 144 Å². The van der Waals surface area contributed by atoms with Gasteiger partial charge < -0.3 is 19.8 Å². The maximum Gasteiger partial charge on any atom is 0.407 e. The highest BCUT2D eigenvalue weighted by molar-refractivity contribution is 5.97. The highest BCUT2D eigenvalue weighted by Crippen LogP contribution is 2.25. The van der Waals surface area contributed by atoms with Gasteiger partial charge in [0.15, 0.2) is 17.8 Å². The highest BCUT2D eigenvalue weighted by Gasteiger charge is 2.20. The zero-order valence-electron chi connectivity index (χ0n) is 14.3. The van der Waals surface area contributed by atoms with Crippen molar-refractivity contribution in [3.05, 3.63) is 42.2 Å². The molecule has 0 aliphatic carbocycles. The Hall–Kier alpha value is -2.90. The third kappa shape index (κ3) is 5.30. The molecule has 1 aromatic carbocycles. The van der Waals surface area contributed by atoms with E-state index in [0.717, 1.165) is 6.39 Å². The van der Waals surface area contributed by atoms with Gasteiger partial charge in [-0.25, -0.2) is 14.2 Å². The van der Waals surface area contributed by atoms with Gasteiger partial charge in [0, 0.05) is 13.1 Å². The molecule has 2 amide bonds. The van der Waals surface area contributed by atoms with E-state index < -0.39 is 23.4 Å². The summed E-state index contributed by atoms with van der Waals surface area (Å²) in [6.45, 7) is 5.59. The average molecular weight is 349 g/mol. The summed E-state index contributed by atoms with van der Waals surface area (Å²) >= 11 is 0. The lowest BCUT2D eigenvalue weighted by molar-refractivity contribution is 0.0526. The fourth-order valence-electron chi connectivity index (χ4n) is 1.98. The maximum atomic E-state index is 13.8. The van der Waals surface area contributed by atoms with Crippen molar-refractivity contribution in [2.45, 2.75) is 26.4 Å². The number of benzene rings is 1. The second kappa shape index (κ2) is 7.78. The van der Waals surface area contributed by atoms with Crippen LogP contribution in [0.4, 0.5) is 9.18 Å². The standard InChI is InChI=1S/C17H20FN3O4/c1-17(2,3)25-16(23)20-9-8-19-15(22)13-14(24-10-21-13)11-6-4-5-7-12(11)18/h4-7,10H,8-9H2,1-3H3,(H,19,22)(H,20,23). The normalized spacial score (nSPS) is 11.0. The van der Waals surface area contributed by atoms with E-state index in [1.54, 1.807) is 26.8 Å². The van der Waals surface area contributed by atoms with Crippen molar-refractivity contribution >= 4 is 12.0 Å². The molecule has 1 heterocycles. The van der Waals surface area contributed by atoms with Crippen molar-refractivity contribution in [3.63, 3.8) is 0 Å². The van der Waals surface area contributed by atoms with Crippen LogP contribution in [0.5, 0.6) is 0 Å². The third-order valence-corrected chi connectivity index (χ3v) is 2.98. The summed E-state index contributed by atoms with van der Waals surface area (Å²) in [6.07, 6.45) is 0.505. The van der Waals surface area contributed by atoms with Crippen molar-refractivity contribution in [1.82, 2.24) is 15.6 Å². The minimum atomic E-state index is -0.595. The average Bonchev–Trinajstić information content (AvgIpc) is 2.99. The number of hydrogen-bond acceptors (Lipinski definition) is 5. The van der Waals surface area contributed by atoms with Crippen LogP contribution >= 0.6 is 0 Å². The van der Waals surface area contributed by atoms with Crippen molar-refractivity contribution in [2.24, 2.45) is 0 Å². The lowest BCUT2D eigenvalue weighted by Gasteiger charge is -2.19. The fraction of sp³-hybridized carbons (Fsp3) is 0.353. The van der Waals surface area contributed by atoms with Crippen molar-refractivity contribution in [3.8, 4) is 11.3 Å². The molecule has 0 saturated heterocycles. The van der Waals surface area contributed by atoms with Crippen LogP contribution in [-0.4, -0.2) is 35.7 Å². The smallest absolute Gasteiger partial charge is 0.407 e. The minimum Gasteiger partial charge on any atom is -0.444 e. The lowest BCUT2D eigenvalue weighted by Crippen LogP contribution is -2.38. The monoisotopic (exact) mass is 349 g/mol. The molecular formula is C17H20FN3O4. The Morgan fingerprint density at radius 1 is 1.20 bits per heavy atom. The number of rotatable bonds is 5. The fourth-order valence-corrected chi connectivity index (χ4v) is 1.98. The van der Waals surface area contributed by atoms with Crippen molar-refractivity contribution < 1.29 is 23.1 Å². The van der Waals surface area contributed by atoms with Crippen LogP contribution in [0.2, 0.25) is 0 Å². The van der Waals surface area contributed by atoms with Crippen LogP contribution < -0.4 is 10.6 Å². The van der Waals surface area contributed by atoms with Gasteiger partial charge in [-0.1, -0.05) is 12.1 Å². The lowest BCUT2D eigenvalue weighted by atomic mass is 10.1. The predicted molar refractivity (Wildman–Crippen MR) is 88.5 cm³/mol. The van der Waals surface area contributed by atoms with E-state index in [4.69, 9.17) is 9.15 Å². The summed E-state index contributed by atoms with van der Waals surface area (Å²) in [5.74, 6) is -0.992. The molecule has 8 heteroatoms. The van der Waals surface area contributed by atoms with Crippen LogP contribution in [0.15, 0.2) is 35.1 Å². The summed E-state index contributed by atoms with van der Waals surface area (Å²) < 4.78 is 24.1. The van der Waals surface area contributed by atoms with Gasteiger partial charge in [-0.15, -0.1) is 0 Å². The van der Waals surface area contributed by atoms with Gasteiger partial charge in [0.1, 0.15) is 11.4 Å². The minimum absolute atomic E-state index is 0.0256. The van der Waals surface area contributed by atoms with Gasteiger partial charge in [-0.05, 0) is 32.9 Å². The maximum absolute atomic E-state index is 13.8. The summed E-state index contributed by atoms with van der Waals surface area (Å²) in [5.41, 5.74) is -0.470. The Morgan fingerprint density at radius 3 is 2.56 bits per heavy atom. The Kier molecular flexibility index (Phi) is 5.74. The highest BCUT2D eigenvalue weighted by atomic mass is 19.1. The van der Waals surface area contributed by atoms with E-state index in [9.17, 15) is 14.0 Å². The Morgan fingerprint density at radius 2 is 1.88 bits per heavy atom. The number of ether oxygens (including phenoxy) is 1. The number of oxazole rings is 1. The van der Waals surface area contributed by atoms with Crippen LogP contribution in [-0.2, 0) is 4.74 Å². The molecule has 0 bridgehead atoms. The van der Waals surface area contributed by atoms with Gasteiger partial charge in [0.05, 0.1) is 5.56 Å². The Balaban J connectivity index is 1.90. The molecule has 2 rings (SSSR count).